The predicted octanol–water partition coefficient (Wildman–Crippen LogP) is 3.79. The number of rotatable bonds is 3. The van der Waals surface area contributed by atoms with Crippen LogP contribution in [-0.2, 0) is 20.7 Å². The number of anilines is 1. The van der Waals surface area contributed by atoms with E-state index in [-0.39, 0.29) is 30.4 Å². The van der Waals surface area contributed by atoms with E-state index in [1.54, 1.807) is 21.1 Å². The number of carbonyl (C=O) groups is 2. The summed E-state index contributed by atoms with van der Waals surface area (Å²) < 4.78 is 16.7. The van der Waals surface area contributed by atoms with Crippen molar-refractivity contribution >= 4 is 17.5 Å². The molecule has 0 N–H and O–H groups in total. The van der Waals surface area contributed by atoms with Crippen molar-refractivity contribution in [2.75, 3.05) is 45.4 Å². The van der Waals surface area contributed by atoms with Gasteiger partial charge in [-0.05, 0) is 55.0 Å². The van der Waals surface area contributed by atoms with Crippen molar-refractivity contribution in [1.29, 1.82) is 0 Å². The van der Waals surface area contributed by atoms with Crippen LogP contribution in [0.3, 0.4) is 0 Å². The fourth-order valence-corrected chi connectivity index (χ4v) is 5.23. The minimum Gasteiger partial charge on any atom is -0.493 e. The van der Waals surface area contributed by atoms with Gasteiger partial charge in [0.05, 0.1) is 13.7 Å². The molecule has 0 aromatic heterocycles. The van der Waals surface area contributed by atoms with Gasteiger partial charge in [-0.25, -0.2) is 0 Å². The molecule has 34 heavy (non-hydrogen) atoms. The van der Waals surface area contributed by atoms with Crippen LogP contribution >= 0.6 is 0 Å². The van der Waals surface area contributed by atoms with Gasteiger partial charge in [0.2, 0.25) is 11.8 Å². The van der Waals surface area contributed by atoms with Gasteiger partial charge in [-0.3, -0.25) is 9.59 Å². The van der Waals surface area contributed by atoms with E-state index >= 15 is 0 Å². The Hall–Kier alpha value is -3.06. The smallest absolute Gasteiger partial charge is 0.248 e. The molecule has 0 spiro atoms. The van der Waals surface area contributed by atoms with Crippen LogP contribution in [0, 0.1) is 0 Å². The quantitative estimate of drug-likeness (QED) is 0.689. The van der Waals surface area contributed by atoms with E-state index in [0.29, 0.717) is 37.6 Å². The molecule has 0 saturated carbocycles. The summed E-state index contributed by atoms with van der Waals surface area (Å²) in [6.07, 6.45) is 3.13. The van der Waals surface area contributed by atoms with E-state index in [1.807, 2.05) is 46.2 Å². The topological polar surface area (TPSA) is 68.3 Å². The third-order valence-electron chi connectivity index (χ3n) is 6.81. The van der Waals surface area contributed by atoms with Crippen LogP contribution in [0.15, 0.2) is 42.5 Å². The molecule has 2 aromatic rings. The number of amides is 2. The molecule has 0 saturated heterocycles. The van der Waals surface area contributed by atoms with Crippen LogP contribution in [0.1, 0.15) is 43.2 Å². The van der Waals surface area contributed by atoms with Gasteiger partial charge in [0.25, 0.3) is 0 Å². The highest BCUT2D eigenvalue weighted by Crippen LogP contribution is 2.44. The number of nitrogens with zero attached hydrogens (tertiary/aromatic N) is 2. The van der Waals surface area contributed by atoms with Gasteiger partial charge < -0.3 is 24.0 Å². The fourth-order valence-electron chi connectivity index (χ4n) is 5.23. The van der Waals surface area contributed by atoms with Gasteiger partial charge in [0.1, 0.15) is 6.61 Å². The largest absolute Gasteiger partial charge is 0.493 e. The van der Waals surface area contributed by atoms with E-state index in [1.165, 1.54) is 5.56 Å². The Morgan fingerprint density at radius 1 is 1.09 bits per heavy atom. The first-order chi connectivity index (χ1) is 16.5. The number of carbonyl (C=O) groups excluding carboxylic acids is 2. The Bertz CT molecular complexity index is 1020. The normalized spacial score (nSPS) is 20.6. The SMILES string of the molecule is COCC(=O)N1CCCCOc2cc(ccc2OC)C[C@@H]2[C@H](CC1)c1ccccc1N2C(C)=O. The van der Waals surface area contributed by atoms with E-state index < -0.39 is 0 Å². The lowest BCUT2D eigenvalue weighted by molar-refractivity contribution is -0.135. The van der Waals surface area contributed by atoms with Crippen molar-refractivity contribution in [3.8, 4) is 11.5 Å². The molecule has 7 nitrogen and oxygen atoms in total. The van der Waals surface area contributed by atoms with Crippen molar-refractivity contribution < 1.29 is 23.8 Å². The average Bonchev–Trinajstić information content (AvgIpc) is 3.13. The standard InChI is InChI=1S/C27H34N2O5/c1-19(30)29-23-9-5-4-8-21(23)22-12-14-28(27(31)18-32-2)13-6-7-15-34-26-17-20(16-24(22)29)10-11-25(26)33-3/h4-5,8-11,17,22,24H,6-7,12-16,18H2,1-3H3/t22-,24-/m1/s1. The summed E-state index contributed by atoms with van der Waals surface area (Å²) in [5, 5.41) is 0. The van der Waals surface area contributed by atoms with E-state index in [0.717, 1.165) is 30.5 Å². The Kier molecular flexibility index (Phi) is 7.73. The van der Waals surface area contributed by atoms with Crippen LogP contribution in [0.4, 0.5) is 5.69 Å². The number of methoxy groups -OCH3 is 2. The van der Waals surface area contributed by atoms with Crippen molar-refractivity contribution in [1.82, 2.24) is 4.90 Å². The maximum atomic E-state index is 12.8. The van der Waals surface area contributed by atoms with E-state index in [4.69, 9.17) is 14.2 Å². The number of benzene rings is 2. The Morgan fingerprint density at radius 3 is 2.68 bits per heavy atom. The summed E-state index contributed by atoms with van der Waals surface area (Å²) in [6.45, 7) is 3.52. The maximum absolute atomic E-state index is 12.8. The number of ether oxygens (including phenoxy) is 3. The van der Waals surface area contributed by atoms with Gasteiger partial charge in [-0.2, -0.15) is 0 Å². The zero-order valence-electron chi connectivity index (χ0n) is 20.3. The van der Waals surface area contributed by atoms with Crippen LogP contribution in [0.2, 0.25) is 0 Å². The van der Waals surface area contributed by atoms with Gasteiger partial charge in [-0.15, -0.1) is 0 Å². The molecule has 182 valence electrons. The number of fused-ring (bicyclic) bond motifs is 5. The third kappa shape index (κ3) is 5.04. The van der Waals surface area contributed by atoms with Crippen LogP contribution in [0.25, 0.3) is 0 Å². The van der Waals surface area contributed by atoms with Crippen molar-refractivity contribution in [3.63, 3.8) is 0 Å². The second kappa shape index (κ2) is 10.9. The van der Waals surface area contributed by atoms with Crippen LogP contribution in [0.5, 0.6) is 11.5 Å². The third-order valence-corrected chi connectivity index (χ3v) is 6.81. The minimum atomic E-state index is -0.0431. The molecule has 0 fully saturated rings. The van der Waals surface area contributed by atoms with Crippen molar-refractivity contribution in [2.24, 2.45) is 0 Å². The molecule has 0 radical (unpaired) electrons. The first-order valence-corrected chi connectivity index (χ1v) is 12.0. The molecule has 0 aliphatic carbocycles. The lowest BCUT2D eigenvalue weighted by Crippen LogP contribution is -2.41. The predicted molar refractivity (Wildman–Crippen MR) is 131 cm³/mol. The van der Waals surface area contributed by atoms with Gasteiger partial charge >= 0.3 is 0 Å². The van der Waals surface area contributed by atoms with Gasteiger partial charge in [0.15, 0.2) is 11.5 Å². The monoisotopic (exact) mass is 466 g/mol. The summed E-state index contributed by atoms with van der Waals surface area (Å²) in [5.41, 5.74) is 3.22. The fraction of sp³-hybridized carbons (Fsp3) is 0.481. The van der Waals surface area contributed by atoms with Gasteiger partial charge in [0, 0.05) is 44.8 Å². The summed E-state index contributed by atoms with van der Waals surface area (Å²) in [6, 6.07) is 14.1. The number of para-hydroxylation sites is 1. The molecule has 2 aliphatic rings. The molecule has 2 heterocycles. The van der Waals surface area contributed by atoms with E-state index in [9.17, 15) is 9.59 Å². The van der Waals surface area contributed by atoms with Crippen molar-refractivity contribution in [2.45, 2.75) is 44.6 Å². The van der Waals surface area contributed by atoms with Gasteiger partial charge in [-0.1, -0.05) is 24.3 Å². The van der Waals surface area contributed by atoms with Crippen LogP contribution < -0.4 is 14.4 Å². The highest BCUT2D eigenvalue weighted by atomic mass is 16.5. The summed E-state index contributed by atoms with van der Waals surface area (Å²) in [4.78, 5) is 29.4. The molecular weight excluding hydrogens is 432 g/mol. The highest BCUT2D eigenvalue weighted by Gasteiger charge is 2.40. The lowest BCUT2D eigenvalue weighted by Gasteiger charge is -2.30. The zero-order valence-corrected chi connectivity index (χ0v) is 20.3. The molecule has 2 aromatic carbocycles. The van der Waals surface area contributed by atoms with Crippen LogP contribution in [-0.4, -0.2) is 63.3 Å². The molecular formula is C27H34N2O5. The number of hydrogen-bond donors (Lipinski definition) is 0. The molecule has 4 rings (SSSR count). The second-order valence-corrected chi connectivity index (χ2v) is 8.97. The minimum absolute atomic E-state index is 0.00587. The molecule has 2 amide bonds. The average molecular weight is 467 g/mol. The summed E-state index contributed by atoms with van der Waals surface area (Å²) >= 11 is 0. The molecule has 2 atom stereocenters. The Balaban J connectivity index is 1.72. The number of hydrogen-bond acceptors (Lipinski definition) is 5. The first-order valence-electron chi connectivity index (χ1n) is 12.0. The second-order valence-electron chi connectivity index (χ2n) is 8.97. The first kappa shape index (κ1) is 24.1. The molecule has 0 unspecified atom stereocenters. The zero-order chi connectivity index (χ0) is 24.1. The highest BCUT2D eigenvalue weighted by molar-refractivity contribution is 5.95. The molecule has 2 bridgehead atoms. The van der Waals surface area contributed by atoms with E-state index in [2.05, 4.69) is 6.07 Å². The summed E-state index contributed by atoms with van der Waals surface area (Å²) in [7, 11) is 3.19. The lowest BCUT2D eigenvalue weighted by atomic mass is 9.87. The maximum Gasteiger partial charge on any atom is 0.248 e. The Morgan fingerprint density at radius 2 is 1.91 bits per heavy atom. The Labute approximate surface area is 201 Å². The molecule has 2 aliphatic heterocycles. The molecule has 7 heteroatoms. The van der Waals surface area contributed by atoms with Crippen molar-refractivity contribution in [3.05, 3.63) is 53.6 Å². The summed E-state index contributed by atoms with van der Waals surface area (Å²) in [5.74, 6) is 1.55.